The highest BCUT2D eigenvalue weighted by atomic mass is 14.8. The van der Waals surface area contributed by atoms with Crippen LogP contribution >= 0.6 is 0 Å². The van der Waals surface area contributed by atoms with Crippen molar-refractivity contribution in [2.45, 2.75) is 53.5 Å². The molecule has 1 nitrogen and oxygen atoms in total. The van der Waals surface area contributed by atoms with Crippen LogP contribution in [0.4, 0.5) is 0 Å². The standard InChI is InChI=1S/C23H31N/c1-7-21-14-23(16(2)3)24-15-22(13-19(21)6)18(5)12-20-10-8-9-17(4)11-20/h8-11,13-16,22-23H,5,7,12H2,1-4,6H3/b19-13?,21-14-,24-15?. The lowest BCUT2D eigenvalue weighted by molar-refractivity contribution is 0.569. The largest absolute Gasteiger partial charge is 0.289 e. The van der Waals surface area contributed by atoms with Crippen LogP contribution in [-0.2, 0) is 6.42 Å². The highest BCUT2D eigenvalue weighted by Gasteiger charge is 2.16. The van der Waals surface area contributed by atoms with Gasteiger partial charge in [0, 0.05) is 12.1 Å². The quantitative estimate of drug-likeness (QED) is 0.581. The third-order valence-electron chi connectivity index (χ3n) is 4.78. The summed E-state index contributed by atoms with van der Waals surface area (Å²) in [5.41, 5.74) is 6.62. The number of benzene rings is 1. The number of allylic oxidation sites excluding steroid dienone is 4. The minimum atomic E-state index is 0.210. The van der Waals surface area contributed by atoms with Crippen LogP contribution in [0.15, 0.2) is 64.7 Å². The van der Waals surface area contributed by atoms with E-state index in [2.05, 4.69) is 83.8 Å². The minimum absolute atomic E-state index is 0.210. The molecule has 24 heavy (non-hydrogen) atoms. The average Bonchev–Trinajstić information content (AvgIpc) is 2.51. The SMILES string of the molecule is C=C(Cc1cccc(C)c1)C1C=NC(C(C)C)/C=C(/CC)C(C)=C1. The minimum Gasteiger partial charge on any atom is -0.289 e. The van der Waals surface area contributed by atoms with Gasteiger partial charge in [0.05, 0.1) is 6.04 Å². The number of aryl methyl sites for hydroxylation is 1. The van der Waals surface area contributed by atoms with E-state index in [0.29, 0.717) is 5.92 Å². The molecule has 128 valence electrons. The van der Waals surface area contributed by atoms with Crippen LogP contribution in [0, 0.1) is 18.8 Å². The molecular formula is C23H31N. The first-order valence-electron chi connectivity index (χ1n) is 9.06. The van der Waals surface area contributed by atoms with Crippen LogP contribution < -0.4 is 0 Å². The second-order valence-electron chi connectivity index (χ2n) is 7.28. The van der Waals surface area contributed by atoms with E-state index in [1.165, 1.54) is 27.8 Å². The number of hydrogen-bond donors (Lipinski definition) is 0. The van der Waals surface area contributed by atoms with Crippen molar-refractivity contribution in [2.75, 3.05) is 0 Å². The molecule has 0 bridgehead atoms. The molecule has 1 aromatic carbocycles. The molecule has 1 heterocycles. The molecule has 1 aliphatic rings. The molecule has 0 saturated carbocycles. The summed E-state index contributed by atoms with van der Waals surface area (Å²) in [4.78, 5) is 4.87. The Kier molecular flexibility index (Phi) is 6.36. The fraction of sp³-hybridized carbons (Fsp3) is 0.435. The van der Waals surface area contributed by atoms with E-state index in [1.807, 2.05) is 0 Å². The van der Waals surface area contributed by atoms with Gasteiger partial charge in [0.2, 0.25) is 0 Å². The predicted molar refractivity (Wildman–Crippen MR) is 107 cm³/mol. The monoisotopic (exact) mass is 321 g/mol. The Balaban J connectivity index is 2.26. The summed E-state index contributed by atoms with van der Waals surface area (Å²) in [6, 6.07) is 8.95. The maximum atomic E-state index is 4.87. The third kappa shape index (κ3) is 4.80. The molecule has 0 amide bonds. The lowest BCUT2D eigenvalue weighted by atomic mass is 9.88. The molecular weight excluding hydrogens is 290 g/mol. The van der Waals surface area contributed by atoms with Gasteiger partial charge in [0.15, 0.2) is 0 Å². The van der Waals surface area contributed by atoms with Crippen LogP contribution in [0.5, 0.6) is 0 Å². The van der Waals surface area contributed by atoms with E-state index in [4.69, 9.17) is 4.99 Å². The number of aliphatic imine (C=N–C) groups is 1. The van der Waals surface area contributed by atoms with Crippen LogP contribution in [-0.4, -0.2) is 12.3 Å². The highest BCUT2D eigenvalue weighted by Crippen LogP contribution is 2.25. The maximum absolute atomic E-state index is 4.87. The maximum Gasteiger partial charge on any atom is 0.0704 e. The molecule has 1 aromatic rings. The van der Waals surface area contributed by atoms with E-state index in [0.717, 1.165) is 12.8 Å². The van der Waals surface area contributed by atoms with Gasteiger partial charge < -0.3 is 0 Å². The Bertz CT molecular complexity index is 673. The van der Waals surface area contributed by atoms with Crippen LogP contribution in [0.25, 0.3) is 0 Å². The van der Waals surface area contributed by atoms with E-state index in [-0.39, 0.29) is 12.0 Å². The lowest BCUT2D eigenvalue weighted by Crippen LogP contribution is -2.16. The molecule has 0 radical (unpaired) electrons. The van der Waals surface area contributed by atoms with Gasteiger partial charge in [-0.15, -0.1) is 0 Å². The zero-order valence-corrected chi connectivity index (χ0v) is 15.8. The highest BCUT2D eigenvalue weighted by molar-refractivity contribution is 5.69. The first-order chi connectivity index (χ1) is 11.4. The number of rotatable bonds is 5. The van der Waals surface area contributed by atoms with Crippen molar-refractivity contribution in [2.24, 2.45) is 16.8 Å². The van der Waals surface area contributed by atoms with Crippen molar-refractivity contribution in [1.82, 2.24) is 0 Å². The number of nitrogens with zero attached hydrogens (tertiary/aromatic N) is 1. The van der Waals surface area contributed by atoms with Crippen molar-refractivity contribution >= 4 is 6.21 Å². The zero-order chi connectivity index (χ0) is 17.7. The van der Waals surface area contributed by atoms with Crippen LogP contribution in [0.2, 0.25) is 0 Å². The van der Waals surface area contributed by atoms with Crippen LogP contribution in [0.3, 0.4) is 0 Å². The zero-order valence-electron chi connectivity index (χ0n) is 15.8. The van der Waals surface area contributed by atoms with Crippen molar-refractivity contribution in [3.05, 3.63) is 70.8 Å². The third-order valence-corrected chi connectivity index (χ3v) is 4.78. The summed E-state index contributed by atoms with van der Waals surface area (Å²) in [6.07, 6.45) is 8.73. The molecule has 0 fully saturated rings. The fourth-order valence-electron chi connectivity index (χ4n) is 3.18. The van der Waals surface area contributed by atoms with Gasteiger partial charge in [0.1, 0.15) is 0 Å². The van der Waals surface area contributed by atoms with Crippen molar-refractivity contribution < 1.29 is 0 Å². The Morgan fingerprint density at radius 1 is 1.21 bits per heavy atom. The van der Waals surface area contributed by atoms with Gasteiger partial charge in [0.25, 0.3) is 0 Å². The molecule has 0 aromatic heterocycles. The molecule has 0 aliphatic carbocycles. The molecule has 2 rings (SSSR count). The summed E-state index contributed by atoms with van der Waals surface area (Å²) < 4.78 is 0. The molecule has 2 unspecified atom stereocenters. The topological polar surface area (TPSA) is 12.4 Å². The van der Waals surface area contributed by atoms with E-state index in [9.17, 15) is 0 Å². The summed E-state index contributed by atoms with van der Waals surface area (Å²) in [5, 5.41) is 0. The predicted octanol–water partition coefficient (Wildman–Crippen LogP) is 6.10. The van der Waals surface area contributed by atoms with Gasteiger partial charge in [-0.05, 0) is 43.7 Å². The molecule has 2 atom stereocenters. The van der Waals surface area contributed by atoms with Gasteiger partial charge in [-0.2, -0.15) is 0 Å². The summed E-state index contributed by atoms with van der Waals surface area (Å²) >= 11 is 0. The average molecular weight is 322 g/mol. The molecule has 0 spiro atoms. The van der Waals surface area contributed by atoms with Crippen molar-refractivity contribution in [1.29, 1.82) is 0 Å². The molecule has 1 aliphatic heterocycles. The van der Waals surface area contributed by atoms with E-state index >= 15 is 0 Å². The van der Waals surface area contributed by atoms with E-state index in [1.54, 1.807) is 0 Å². The number of hydrogen-bond acceptors (Lipinski definition) is 1. The Morgan fingerprint density at radius 3 is 2.58 bits per heavy atom. The Hall–Kier alpha value is -1.89. The lowest BCUT2D eigenvalue weighted by Gasteiger charge is -2.21. The second-order valence-corrected chi connectivity index (χ2v) is 7.28. The first-order valence-corrected chi connectivity index (χ1v) is 9.06. The van der Waals surface area contributed by atoms with Gasteiger partial charge in [-0.3, -0.25) is 4.99 Å². The van der Waals surface area contributed by atoms with Gasteiger partial charge in [-0.1, -0.05) is 80.5 Å². The van der Waals surface area contributed by atoms with E-state index < -0.39 is 0 Å². The Morgan fingerprint density at radius 2 is 1.96 bits per heavy atom. The normalized spacial score (nSPS) is 23.2. The van der Waals surface area contributed by atoms with Gasteiger partial charge in [-0.25, -0.2) is 0 Å². The first kappa shape index (κ1) is 18.4. The van der Waals surface area contributed by atoms with Crippen molar-refractivity contribution in [3.63, 3.8) is 0 Å². The second kappa shape index (κ2) is 8.28. The van der Waals surface area contributed by atoms with Crippen molar-refractivity contribution in [3.8, 4) is 0 Å². The summed E-state index contributed by atoms with van der Waals surface area (Å²) in [5.74, 6) is 0.724. The molecule has 0 saturated heterocycles. The smallest absolute Gasteiger partial charge is 0.0704 e. The van der Waals surface area contributed by atoms with Crippen LogP contribution in [0.1, 0.15) is 45.2 Å². The Labute approximate surface area is 147 Å². The summed E-state index contributed by atoms with van der Waals surface area (Å²) in [6.45, 7) is 15.4. The summed E-state index contributed by atoms with van der Waals surface area (Å²) in [7, 11) is 0. The molecule has 1 heteroatoms. The van der Waals surface area contributed by atoms with Gasteiger partial charge >= 0.3 is 0 Å². The fourth-order valence-corrected chi connectivity index (χ4v) is 3.18. The molecule has 0 N–H and O–H groups in total.